The fraction of sp³-hybridized carbons (Fsp3) is 0.462. The molecule has 0 saturated carbocycles. The number of nitrogens with one attached hydrogen (secondary N) is 7. The standard InChI is InChI=1S/C39H56BN9O14/c1-22(2)15-27(35(54)45-20-31(51)43-19-30(42)50)46-34(53)26(41)18-44-37(56)33(49-39(58)62-21-25-13-9-6-10-14-25)23(3)63-32(52)17-28(47-38(57)61-4)36(55)48-29(40(59)60)16-24-11-7-5-8-12-24/h5-14,22-23,26-29,33,59-60H,15-21,41H2,1-4H3,(H2,42,50)(H,43,51)(H,44,56)(H,45,54)(H,46,53)(H,47,57)(H,48,55)(H,49,58)/t23-,26+,27+,28+,29-,33+/m1/s1. The molecule has 0 spiro atoms. The molecule has 23 nitrogen and oxygen atoms in total. The minimum Gasteiger partial charge on any atom is -0.460 e. The lowest BCUT2D eigenvalue weighted by atomic mass is 9.75. The van der Waals surface area contributed by atoms with E-state index < -0.39 is 123 Å². The summed E-state index contributed by atoms with van der Waals surface area (Å²) in [6, 6.07) is 10.9. The van der Waals surface area contributed by atoms with Gasteiger partial charge in [0.05, 0.1) is 32.6 Å². The van der Waals surface area contributed by atoms with Crippen molar-refractivity contribution >= 4 is 60.7 Å². The lowest BCUT2D eigenvalue weighted by Crippen LogP contribution is -2.58. The van der Waals surface area contributed by atoms with Crippen LogP contribution in [0.15, 0.2) is 60.7 Å². The van der Waals surface area contributed by atoms with Gasteiger partial charge in [0, 0.05) is 6.54 Å². The number of benzene rings is 2. The normalized spacial score (nSPS) is 13.5. The van der Waals surface area contributed by atoms with Crippen molar-refractivity contribution < 1.29 is 67.4 Å². The molecule has 0 aromatic heterocycles. The fourth-order valence-corrected chi connectivity index (χ4v) is 5.50. The number of carbonyl (C=O) groups excluding carboxylic acids is 9. The topological polar surface area (TPSA) is 358 Å². The van der Waals surface area contributed by atoms with E-state index in [0.29, 0.717) is 11.1 Å². The molecule has 13 N–H and O–H groups in total. The van der Waals surface area contributed by atoms with E-state index in [1.165, 1.54) is 6.92 Å². The highest BCUT2D eigenvalue weighted by Gasteiger charge is 2.35. The van der Waals surface area contributed by atoms with Gasteiger partial charge in [0.1, 0.15) is 36.9 Å². The van der Waals surface area contributed by atoms with Crippen molar-refractivity contribution in [2.75, 3.05) is 26.7 Å². The number of ether oxygens (including phenoxy) is 3. The molecule has 0 heterocycles. The minimum atomic E-state index is -2.05. The lowest BCUT2D eigenvalue weighted by Gasteiger charge is -2.26. The molecule has 2 rings (SSSR count). The van der Waals surface area contributed by atoms with Gasteiger partial charge in [-0.15, -0.1) is 0 Å². The average Bonchev–Trinajstić information content (AvgIpc) is 3.24. The summed E-state index contributed by atoms with van der Waals surface area (Å²) in [6.45, 7) is 3.00. The van der Waals surface area contributed by atoms with Gasteiger partial charge >= 0.3 is 25.3 Å². The number of primary amides is 1. The van der Waals surface area contributed by atoms with Crippen molar-refractivity contribution in [3.63, 3.8) is 0 Å². The summed E-state index contributed by atoms with van der Waals surface area (Å²) < 4.78 is 15.2. The van der Waals surface area contributed by atoms with Gasteiger partial charge in [-0.2, -0.15) is 0 Å². The highest BCUT2D eigenvalue weighted by Crippen LogP contribution is 2.10. The number of esters is 1. The maximum atomic E-state index is 13.6. The van der Waals surface area contributed by atoms with Crippen LogP contribution in [-0.4, -0.2) is 134 Å². The first-order chi connectivity index (χ1) is 29.8. The number of amides is 8. The number of hydrogen-bond acceptors (Lipinski definition) is 15. The van der Waals surface area contributed by atoms with Crippen LogP contribution >= 0.6 is 0 Å². The van der Waals surface area contributed by atoms with Crippen LogP contribution in [0.2, 0.25) is 0 Å². The molecule has 344 valence electrons. The Bertz CT molecular complexity index is 1860. The summed E-state index contributed by atoms with van der Waals surface area (Å²) in [5, 5.41) is 36.2. The summed E-state index contributed by atoms with van der Waals surface area (Å²) in [5.41, 5.74) is 12.3. The van der Waals surface area contributed by atoms with Crippen molar-refractivity contribution in [1.82, 2.24) is 37.2 Å². The van der Waals surface area contributed by atoms with E-state index >= 15 is 0 Å². The van der Waals surface area contributed by atoms with Crippen LogP contribution in [0.25, 0.3) is 0 Å². The molecule has 2 aromatic rings. The first kappa shape index (κ1) is 52.4. The van der Waals surface area contributed by atoms with Crippen molar-refractivity contribution in [2.45, 2.75) is 82.9 Å². The maximum absolute atomic E-state index is 13.6. The zero-order valence-corrected chi connectivity index (χ0v) is 35.3. The number of carbonyl (C=O) groups is 9. The molecule has 24 heteroatoms. The Labute approximate surface area is 363 Å². The zero-order chi connectivity index (χ0) is 47.1. The second kappa shape index (κ2) is 27.2. The summed E-state index contributed by atoms with van der Waals surface area (Å²) in [6.07, 6.45) is -4.55. The van der Waals surface area contributed by atoms with Crippen LogP contribution in [0.3, 0.4) is 0 Å². The van der Waals surface area contributed by atoms with Crippen molar-refractivity contribution in [1.29, 1.82) is 0 Å². The molecule has 8 amide bonds. The van der Waals surface area contributed by atoms with E-state index in [2.05, 4.69) is 42.0 Å². The first-order valence-electron chi connectivity index (χ1n) is 19.7. The van der Waals surface area contributed by atoms with Gasteiger partial charge in [-0.3, -0.25) is 33.6 Å². The molecule has 0 radical (unpaired) electrons. The Morgan fingerprint density at radius 1 is 0.698 bits per heavy atom. The van der Waals surface area contributed by atoms with Gasteiger partial charge < -0.3 is 72.9 Å². The van der Waals surface area contributed by atoms with E-state index in [1.807, 2.05) is 0 Å². The van der Waals surface area contributed by atoms with Gasteiger partial charge in [-0.1, -0.05) is 74.5 Å². The van der Waals surface area contributed by atoms with Crippen molar-refractivity contribution in [3.05, 3.63) is 71.8 Å². The quantitative estimate of drug-likeness (QED) is 0.0265. The van der Waals surface area contributed by atoms with E-state index in [-0.39, 0.29) is 25.4 Å². The summed E-state index contributed by atoms with van der Waals surface area (Å²) in [4.78, 5) is 114. The monoisotopic (exact) mass is 885 g/mol. The Hall–Kier alpha value is -6.79. The Kier molecular flexibility index (Phi) is 22.6. The van der Waals surface area contributed by atoms with Gasteiger partial charge in [0.2, 0.25) is 35.4 Å². The zero-order valence-electron chi connectivity index (χ0n) is 35.3. The smallest absolute Gasteiger partial charge is 0.460 e. The van der Waals surface area contributed by atoms with Gasteiger partial charge in [0.25, 0.3) is 0 Å². The van der Waals surface area contributed by atoms with E-state index in [0.717, 1.165) is 7.11 Å². The molecule has 0 unspecified atom stereocenters. The lowest BCUT2D eigenvalue weighted by molar-refractivity contribution is -0.152. The average molecular weight is 886 g/mol. The number of nitrogens with two attached hydrogens (primary N) is 2. The summed E-state index contributed by atoms with van der Waals surface area (Å²) in [5.74, 6) is -7.75. The number of hydrogen-bond donors (Lipinski definition) is 11. The minimum absolute atomic E-state index is 0.0421. The Balaban J connectivity index is 2.20. The molecular formula is C39H56BN9O14. The van der Waals surface area contributed by atoms with Gasteiger partial charge in [0.15, 0.2) is 0 Å². The highest BCUT2D eigenvalue weighted by atomic mass is 16.6. The number of rotatable bonds is 25. The molecule has 63 heavy (non-hydrogen) atoms. The molecule has 0 aliphatic heterocycles. The SMILES string of the molecule is COC(=O)N[C@@H](CC(=O)O[C@H](C)[C@H](NC(=O)OCc1ccccc1)C(=O)NC[C@H](N)C(=O)N[C@@H](CC(C)C)C(=O)NCC(=O)NCC(N)=O)C(=O)N[C@H](Cc1ccccc1)B(O)O. The summed E-state index contributed by atoms with van der Waals surface area (Å²) >= 11 is 0. The molecule has 0 fully saturated rings. The predicted molar refractivity (Wildman–Crippen MR) is 223 cm³/mol. The Morgan fingerprint density at radius 2 is 1.32 bits per heavy atom. The van der Waals surface area contributed by atoms with Gasteiger partial charge in [-0.25, -0.2) is 9.59 Å². The fourth-order valence-electron chi connectivity index (χ4n) is 5.50. The second-order valence-electron chi connectivity index (χ2n) is 14.5. The molecule has 0 aliphatic rings. The third kappa shape index (κ3) is 20.6. The maximum Gasteiger partial charge on any atom is 0.475 e. The van der Waals surface area contributed by atoms with Crippen LogP contribution in [0.1, 0.15) is 44.7 Å². The molecular weight excluding hydrogens is 829 g/mol. The number of methoxy groups -OCH3 is 1. The van der Waals surface area contributed by atoms with Crippen molar-refractivity contribution in [3.8, 4) is 0 Å². The predicted octanol–water partition coefficient (Wildman–Crippen LogP) is -3.24. The van der Waals surface area contributed by atoms with E-state index in [4.69, 9.17) is 20.9 Å². The number of alkyl carbamates (subject to hydrolysis) is 2. The van der Waals surface area contributed by atoms with Crippen LogP contribution < -0.4 is 48.7 Å². The Morgan fingerprint density at radius 3 is 1.89 bits per heavy atom. The van der Waals surface area contributed by atoms with E-state index in [9.17, 15) is 53.2 Å². The molecule has 0 bridgehead atoms. The van der Waals surface area contributed by atoms with Crippen molar-refractivity contribution in [2.24, 2.45) is 17.4 Å². The van der Waals surface area contributed by atoms with Crippen LogP contribution in [0.5, 0.6) is 0 Å². The highest BCUT2D eigenvalue weighted by molar-refractivity contribution is 6.43. The second-order valence-corrected chi connectivity index (χ2v) is 14.5. The van der Waals surface area contributed by atoms with Crippen LogP contribution in [0, 0.1) is 5.92 Å². The third-order valence-corrected chi connectivity index (χ3v) is 8.76. The summed E-state index contributed by atoms with van der Waals surface area (Å²) in [7, 11) is -1.05. The van der Waals surface area contributed by atoms with Crippen LogP contribution in [0.4, 0.5) is 9.59 Å². The van der Waals surface area contributed by atoms with E-state index in [1.54, 1.807) is 74.5 Å². The molecule has 2 aromatic carbocycles. The third-order valence-electron chi connectivity index (χ3n) is 8.76. The molecule has 0 aliphatic carbocycles. The largest absolute Gasteiger partial charge is 0.475 e. The molecule has 0 saturated heterocycles. The van der Waals surface area contributed by atoms with Gasteiger partial charge in [-0.05, 0) is 36.8 Å². The van der Waals surface area contributed by atoms with Crippen LogP contribution in [-0.2, 0) is 60.8 Å². The molecule has 6 atom stereocenters. The first-order valence-corrected chi connectivity index (χ1v) is 19.7.